The average molecular weight is 324 g/mol. The van der Waals surface area contributed by atoms with E-state index in [-0.39, 0.29) is 6.61 Å². The van der Waals surface area contributed by atoms with Crippen LogP contribution in [0.3, 0.4) is 0 Å². The Morgan fingerprint density at radius 2 is 1.83 bits per heavy atom. The molecule has 24 heavy (non-hydrogen) atoms. The lowest BCUT2D eigenvalue weighted by Crippen LogP contribution is -2.47. The summed E-state index contributed by atoms with van der Waals surface area (Å²) in [5.74, 6) is 0. The first-order valence-corrected chi connectivity index (χ1v) is 8.46. The fourth-order valence-corrected chi connectivity index (χ4v) is 3.36. The molecule has 1 fully saturated rings. The number of aliphatic hydroxyl groups is 1. The van der Waals surface area contributed by atoms with Gasteiger partial charge in [-0.2, -0.15) is 0 Å². The van der Waals surface area contributed by atoms with Gasteiger partial charge in [-0.05, 0) is 35.7 Å². The molecule has 2 aromatic rings. The predicted molar refractivity (Wildman–Crippen MR) is 97.7 cm³/mol. The van der Waals surface area contributed by atoms with Crippen molar-refractivity contribution in [3.63, 3.8) is 0 Å². The number of aldehydes is 1. The summed E-state index contributed by atoms with van der Waals surface area (Å²) in [4.78, 5) is 16.1. The van der Waals surface area contributed by atoms with E-state index in [2.05, 4.69) is 41.0 Å². The number of anilines is 1. The lowest BCUT2D eigenvalue weighted by Gasteiger charge is -2.36. The molecule has 0 bridgehead atoms. The number of aryl methyl sites for hydroxylation is 1. The molecular weight excluding hydrogens is 300 g/mol. The molecule has 0 amide bonds. The maximum Gasteiger partial charge on any atom is 0.152 e. The van der Waals surface area contributed by atoms with Gasteiger partial charge in [0.05, 0.1) is 6.61 Å². The van der Waals surface area contributed by atoms with Crippen LogP contribution in [0.1, 0.15) is 15.9 Å². The highest BCUT2D eigenvalue weighted by molar-refractivity contribution is 5.88. The molecular formula is C20H24N2O2. The van der Waals surface area contributed by atoms with Crippen LogP contribution >= 0.6 is 0 Å². The molecule has 0 atom stereocenters. The Balaban J connectivity index is 1.83. The van der Waals surface area contributed by atoms with Crippen LogP contribution in [-0.4, -0.2) is 55.6 Å². The monoisotopic (exact) mass is 324 g/mol. The third-order valence-corrected chi connectivity index (χ3v) is 4.74. The maximum absolute atomic E-state index is 11.6. The van der Waals surface area contributed by atoms with Crippen molar-refractivity contribution in [2.75, 3.05) is 44.2 Å². The number of piperazine rings is 1. The Hall–Kier alpha value is -2.17. The smallest absolute Gasteiger partial charge is 0.152 e. The molecule has 0 unspecified atom stereocenters. The fraction of sp³-hybridized carbons (Fsp3) is 0.350. The number of carbonyl (C=O) groups excluding carboxylic acids is 1. The molecule has 1 aliphatic rings. The summed E-state index contributed by atoms with van der Waals surface area (Å²) in [5, 5.41) is 9.04. The highest BCUT2D eigenvalue weighted by atomic mass is 16.3. The SMILES string of the molecule is Cc1ccccc1-c1ccc(N2CCN(CCO)CC2)c(C=O)c1. The minimum absolute atomic E-state index is 0.199. The number of benzene rings is 2. The number of aliphatic hydroxyl groups excluding tert-OH is 1. The average Bonchev–Trinajstić information content (AvgIpc) is 2.63. The molecule has 1 aliphatic heterocycles. The Bertz CT molecular complexity index is 707. The first-order valence-electron chi connectivity index (χ1n) is 8.46. The van der Waals surface area contributed by atoms with Crippen LogP contribution in [0, 0.1) is 6.92 Å². The number of carbonyl (C=O) groups is 1. The molecule has 4 heteroatoms. The van der Waals surface area contributed by atoms with Crippen molar-refractivity contribution in [1.29, 1.82) is 0 Å². The van der Waals surface area contributed by atoms with Crippen molar-refractivity contribution in [3.05, 3.63) is 53.6 Å². The summed E-state index contributed by atoms with van der Waals surface area (Å²) < 4.78 is 0. The molecule has 0 radical (unpaired) electrons. The second-order valence-electron chi connectivity index (χ2n) is 6.26. The summed E-state index contributed by atoms with van der Waals surface area (Å²) in [7, 11) is 0. The molecule has 3 rings (SSSR count). The zero-order valence-corrected chi connectivity index (χ0v) is 14.1. The first-order chi connectivity index (χ1) is 11.7. The maximum atomic E-state index is 11.6. The van der Waals surface area contributed by atoms with Gasteiger partial charge in [0.15, 0.2) is 6.29 Å². The summed E-state index contributed by atoms with van der Waals surface area (Å²) in [6.45, 7) is 6.60. The Morgan fingerprint density at radius 3 is 2.50 bits per heavy atom. The van der Waals surface area contributed by atoms with Crippen molar-refractivity contribution in [1.82, 2.24) is 4.90 Å². The third kappa shape index (κ3) is 3.50. The minimum atomic E-state index is 0.199. The highest BCUT2D eigenvalue weighted by Gasteiger charge is 2.19. The van der Waals surface area contributed by atoms with Gasteiger partial charge >= 0.3 is 0 Å². The second kappa shape index (κ2) is 7.60. The number of nitrogens with zero attached hydrogens (tertiary/aromatic N) is 2. The van der Waals surface area contributed by atoms with Crippen LogP contribution in [0.15, 0.2) is 42.5 Å². The molecule has 4 nitrogen and oxygen atoms in total. The van der Waals surface area contributed by atoms with E-state index in [9.17, 15) is 4.79 Å². The van der Waals surface area contributed by atoms with E-state index >= 15 is 0 Å². The fourth-order valence-electron chi connectivity index (χ4n) is 3.36. The topological polar surface area (TPSA) is 43.8 Å². The first kappa shape index (κ1) is 16.7. The van der Waals surface area contributed by atoms with Gasteiger partial charge < -0.3 is 10.0 Å². The van der Waals surface area contributed by atoms with Gasteiger partial charge in [0.2, 0.25) is 0 Å². The standard InChI is InChI=1S/C20H24N2O2/c1-16-4-2-3-5-19(16)17-6-7-20(18(14-17)15-24)22-10-8-21(9-11-22)12-13-23/h2-7,14-15,23H,8-13H2,1H3. The second-order valence-corrected chi connectivity index (χ2v) is 6.26. The molecule has 1 N–H and O–H groups in total. The largest absolute Gasteiger partial charge is 0.395 e. The number of hydrogen-bond acceptors (Lipinski definition) is 4. The molecule has 1 heterocycles. The number of β-amino-alcohol motifs (C(OH)–C–C–N with tert-alkyl or cyclic N) is 1. The van der Waals surface area contributed by atoms with E-state index in [1.165, 1.54) is 11.1 Å². The van der Waals surface area contributed by atoms with Crippen molar-refractivity contribution in [2.45, 2.75) is 6.92 Å². The molecule has 2 aromatic carbocycles. The van der Waals surface area contributed by atoms with Crippen molar-refractivity contribution >= 4 is 12.0 Å². The minimum Gasteiger partial charge on any atom is -0.395 e. The molecule has 126 valence electrons. The third-order valence-electron chi connectivity index (χ3n) is 4.74. The van der Waals surface area contributed by atoms with Crippen molar-refractivity contribution < 1.29 is 9.90 Å². The van der Waals surface area contributed by atoms with Crippen molar-refractivity contribution in [3.8, 4) is 11.1 Å². The molecule has 0 spiro atoms. The van der Waals surface area contributed by atoms with Gasteiger partial charge in [0.1, 0.15) is 0 Å². The summed E-state index contributed by atoms with van der Waals surface area (Å²) in [6.07, 6.45) is 0.956. The van der Waals surface area contributed by atoms with Gasteiger partial charge in [0, 0.05) is 44.0 Å². The Morgan fingerprint density at radius 1 is 1.08 bits per heavy atom. The van der Waals surface area contributed by atoms with Crippen molar-refractivity contribution in [2.24, 2.45) is 0 Å². The predicted octanol–water partition coefficient (Wildman–Crippen LogP) is 2.59. The zero-order valence-electron chi connectivity index (χ0n) is 14.1. The van der Waals surface area contributed by atoms with Crippen LogP contribution in [0.5, 0.6) is 0 Å². The van der Waals surface area contributed by atoms with E-state index in [1.807, 2.05) is 18.2 Å². The van der Waals surface area contributed by atoms with E-state index in [0.717, 1.165) is 55.8 Å². The van der Waals surface area contributed by atoms with E-state index in [4.69, 9.17) is 5.11 Å². The van der Waals surface area contributed by atoms with Crippen LogP contribution in [0.25, 0.3) is 11.1 Å². The lowest BCUT2D eigenvalue weighted by atomic mass is 9.98. The van der Waals surface area contributed by atoms with Gasteiger partial charge in [-0.25, -0.2) is 0 Å². The number of rotatable bonds is 5. The quantitative estimate of drug-likeness (QED) is 0.859. The van der Waals surface area contributed by atoms with Crippen LogP contribution in [0.2, 0.25) is 0 Å². The van der Waals surface area contributed by atoms with E-state index < -0.39 is 0 Å². The van der Waals surface area contributed by atoms with Gasteiger partial charge in [-0.3, -0.25) is 9.69 Å². The lowest BCUT2D eigenvalue weighted by molar-refractivity contribution is 0.112. The molecule has 0 saturated carbocycles. The van der Waals surface area contributed by atoms with Gasteiger partial charge in [-0.1, -0.05) is 30.3 Å². The summed E-state index contributed by atoms with van der Waals surface area (Å²) >= 11 is 0. The van der Waals surface area contributed by atoms with Crippen LogP contribution in [-0.2, 0) is 0 Å². The normalized spacial score (nSPS) is 15.5. The Kier molecular flexibility index (Phi) is 5.28. The zero-order chi connectivity index (χ0) is 16.9. The summed E-state index contributed by atoms with van der Waals surface area (Å²) in [6, 6.07) is 14.4. The van der Waals surface area contributed by atoms with Crippen LogP contribution < -0.4 is 4.90 Å². The molecule has 0 aliphatic carbocycles. The van der Waals surface area contributed by atoms with E-state index in [0.29, 0.717) is 0 Å². The molecule has 0 aromatic heterocycles. The van der Waals surface area contributed by atoms with E-state index in [1.54, 1.807) is 0 Å². The Labute approximate surface area is 143 Å². The summed E-state index contributed by atoms with van der Waals surface area (Å²) in [5.41, 5.74) is 5.20. The molecule has 1 saturated heterocycles. The highest BCUT2D eigenvalue weighted by Crippen LogP contribution is 2.29. The van der Waals surface area contributed by atoms with Gasteiger partial charge in [-0.15, -0.1) is 0 Å². The number of hydrogen-bond donors (Lipinski definition) is 1. The van der Waals surface area contributed by atoms with Crippen LogP contribution in [0.4, 0.5) is 5.69 Å². The van der Waals surface area contributed by atoms with Gasteiger partial charge in [0.25, 0.3) is 0 Å².